The molecule has 1 aromatic heterocycles. The second kappa shape index (κ2) is 6.51. The number of rotatable bonds is 5. The number of benzene rings is 1. The van der Waals surface area contributed by atoms with E-state index in [4.69, 9.17) is 0 Å². The highest BCUT2D eigenvalue weighted by Crippen LogP contribution is 2.22. The smallest absolute Gasteiger partial charge is 0.141 e. The minimum atomic E-state index is -0.307. The Kier molecular flexibility index (Phi) is 4.72. The number of nitrogens with one attached hydrogen (secondary N) is 1. The summed E-state index contributed by atoms with van der Waals surface area (Å²) in [6.07, 6.45) is 2.39. The van der Waals surface area contributed by atoms with Crippen molar-refractivity contribution < 1.29 is 4.39 Å². The molecular formula is C17H21FN2. The van der Waals surface area contributed by atoms with E-state index in [2.05, 4.69) is 48.4 Å². The van der Waals surface area contributed by atoms with Crippen molar-refractivity contribution in [1.82, 2.24) is 4.98 Å². The van der Waals surface area contributed by atoms with Crippen molar-refractivity contribution in [1.29, 1.82) is 0 Å². The van der Waals surface area contributed by atoms with Gasteiger partial charge in [0.2, 0.25) is 0 Å². The van der Waals surface area contributed by atoms with Gasteiger partial charge in [-0.25, -0.2) is 4.39 Å². The summed E-state index contributed by atoms with van der Waals surface area (Å²) in [5.41, 5.74) is 3.23. The molecule has 0 aliphatic heterocycles. The van der Waals surface area contributed by atoms with Crippen LogP contribution in [0.1, 0.15) is 50.4 Å². The fraction of sp³-hybridized carbons (Fsp3) is 0.353. The number of hydrogen-bond acceptors (Lipinski definition) is 2. The minimum Gasteiger partial charge on any atom is -0.377 e. The van der Waals surface area contributed by atoms with E-state index in [1.807, 2.05) is 6.92 Å². The molecule has 3 heteroatoms. The first-order valence-corrected chi connectivity index (χ1v) is 7.08. The maximum absolute atomic E-state index is 12.8. The summed E-state index contributed by atoms with van der Waals surface area (Å²) in [7, 11) is 0. The lowest BCUT2D eigenvalue weighted by Crippen LogP contribution is -2.08. The largest absolute Gasteiger partial charge is 0.377 e. The average Bonchev–Trinajstić information content (AvgIpc) is 2.48. The van der Waals surface area contributed by atoms with Gasteiger partial charge in [0.1, 0.15) is 5.82 Å². The highest BCUT2D eigenvalue weighted by Gasteiger charge is 2.08. The van der Waals surface area contributed by atoms with Crippen molar-refractivity contribution in [3.63, 3.8) is 0 Å². The van der Waals surface area contributed by atoms with Crippen molar-refractivity contribution in [3.8, 4) is 0 Å². The van der Waals surface area contributed by atoms with Crippen molar-refractivity contribution in [2.24, 2.45) is 0 Å². The average molecular weight is 272 g/mol. The van der Waals surface area contributed by atoms with Crippen molar-refractivity contribution in [2.75, 3.05) is 5.32 Å². The summed E-state index contributed by atoms with van der Waals surface area (Å²) in [5, 5.41) is 3.38. The molecule has 0 aliphatic carbocycles. The lowest BCUT2D eigenvalue weighted by atomic mass is 9.98. The number of aromatic nitrogens is 1. The Labute approximate surface area is 120 Å². The summed E-state index contributed by atoms with van der Waals surface area (Å²) in [4.78, 5) is 4.10. The van der Waals surface area contributed by atoms with Gasteiger partial charge in [0.25, 0.3) is 0 Å². The summed E-state index contributed by atoms with van der Waals surface area (Å²) in [6, 6.07) is 11.7. The molecule has 1 aromatic carbocycles. The maximum Gasteiger partial charge on any atom is 0.141 e. The second-order valence-corrected chi connectivity index (χ2v) is 5.20. The van der Waals surface area contributed by atoms with Gasteiger partial charge in [0.05, 0.1) is 17.9 Å². The SMILES string of the molecule is CCC(C)c1ccc(NC(C)c2ccc(F)cn2)cc1. The minimum absolute atomic E-state index is 0.0463. The molecule has 0 radical (unpaired) electrons. The van der Waals surface area contributed by atoms with Gasteiger partial charge in [-0.3, -0.25) is 4.98 Å². The zero-order chi connectivity index (χ0) is 14.5. The molecule has 2 unspecified atom stereocenters. The third-order valence-corrected chi connectivity index (χ3v) is 3.67. The molecule has 2 nitrogen and oxygen atoms in total. The number of nitrogens with zero attached hydrogens (tertiary/aromatic N) is 1. The first-order valence-electron chi connectivity index (χ1n) is 7.08. The van der Waals surface area contributed by atoms with Gasteiger partial charge >= 0.3 is 0 Å². The fourth-order valence-electron chi connectivity index (χ4n) is 2.11. The first-order chi connectivity index (χ1) is 9.60. The number of anilines is 1. The molecule has 0 saturated carbocycles. The van der Waals surface area contributed by atoms with Crippen LogP contribution in [-0.2, 0) is 0 Å². The quantitative estimate of drug-likeness (QED) is 0.836. The van der Waals surface area contributed by atoms with Gasteiger partial charge in [-0.05, 0) is 49.1 Å². The predicted molar refractivity (Wildman–Crippen MR) is 81.4 cm³/mol. The van der Waals surface area contributed by atoms with Crippen molar-refractivity contribution >= 4 is 5.69 Å². The van der Waals surface area contributed by atoms with Crippen LogP contribution < -0.4 is 5.32 Å². The van der Waals surface area contributed by atoms with Crippen molar-refractivity contribution in [2.45, 2.75) is 39.2 Å². The summed E-state index contributed by atoms with van der Waals surface area (Å²) in [5.74, 6) is 0.277. The fourth-order valence-corrected chi connectivity index (χ4v) is 2.11. The molecule has 0 amide bonds. The summed E-state index contributed by atoms with van der Waals surface area (Å²) >= 11 is 0. The van der Waals surface area contributed by atoms with Crippen LogP contribution in [0.4, 0.5) is 10.1 Å². The van der Waals surface area contributed by atoms with Crippen LogP contribution in [0.3, 0.4) is 0 Å². The number of pyridine rings is 1. The van der Waals surface area contributed by atoms with E-state index in [1.165, 1.54) is 17.8 Å². The molecule has 2 atom stereocenters. The zero-order valence-electron chi connectivity index (χ0n) is 12.2. The topological polar surface area (TPSA) is 24.9 Å². The molecule has 0 bridgehead atoms. The summed E-state index contributed by atoms with van der Waals surface area (Å²) < 4.78 is 12.8. The van der Waals surface area contributed by atoms with Crippen LogP contribution in [0, 0.1) is 5.82 Å². The molecule has 1 N–H and O–H groups in total. The standard InChI is InChI=1S/C17H21FN2/c1-4-12(2)14-5-8-16(9-6-14)20-13(3)17-10-7-15(18)11-19-17/h5-13,20H,4H2,1-3H3. The third kappa shape index (κ3) is 3.56. The van der Waals surface area contributed by atoms with Crippen LogP contribution >= 0.6 is 0 Å². The van der Waals surface area contributed by atoms with Crippen LogP contribution in [-0.4, -0.2) is 4.98 Å². The van der Waals surface area contributed by atoms with E-state index in [0.29, 0.717) is 5.92 Å². The highest BCUT2D eigenvalue weighted by atomic mass is 19.1. The molecule has 106 valence electrons. The molecule has 0 fully saturated rings. The van der Waals surface area contributed by atoms with E-state index < -0.39 is 0 Å². The molecule has 0 spiro atoms. The van der Waals surface area contributed by atoms with Crippen LogP contribution in [0.5, 0.6) is 0 Å². The second-order valence-electron chi connectivity index (χ2n) is 5.20. The van der Waals surface area contributed by atoms with Gasteiger partial charge in [0, 0.05) is 5.69 Å². The Morgan fingerprint density at radius 2 is 1.80 bits per heavy atom. The van der Waals surface area contributed by atoms with E-state index in [1.54, 1.807) is 6.07 Å². The lowest BCUT2D eigenvalue weighted by Gasteiger charge is -2.16. The van der Waals surface area contributed by atoms with Gasteiger partial charge in [-0.1, -0.05) is 26.0 Å². The summed E-state index contributed by atoms with van der Waals surface area (Å²) in [6.45, 7) is 6.44. The van der Waals surface area contributed by atoms with Crippen LogP contribution in [0.2, 0.25) is 0 Å². The molecule has 0 saturated heterocycles. The number of hydrogen-bond donors (Lipinski definition) is 1. The molecule has 1 heterocycles. The number of halogens is 1. The Morgan fingerprint density at radius 3 is 2.35 bits per heavy atom. The van der Waals surface area contributed by atoms with Gasteiger partial charge in [0.15, 0.2) is 0 Å². The van der Waals surface area contributed by atoms with Crippen LogP contribution in [0.15, 0.2) is 42.6 Å². The van der Waals surface area contributed by atoms with Gasteiger partial charge in [-0.2, -0.15) is 0 Å². The Hall–Kier alpha value is -1.90. The van der Waals surface area contributed by atoms with E-state index in [-0.39, 0.29) is 11.9 Å². The Morgan fingerprint density at radius 1 is 1.10 bits per heavy atom. The molecule has 2 aromatic rings. The van der Waals surface area contributed by atoms with E-state index >= 15 is 0 Å². The van der Waals surface area contributed by atoms with E-state index in [9.17, 15) is 4.39 Å². The van der Waals surface area contributed by atoms with Gasteiger partial charge in [-0.15, -0.1) is 0 Å². The Balaban J connectivity index is 2.04. The van der Waals surface area contributed by atoms with Gasteiger partial charge < -0.3 is 5.32 Å². The predicted octanol–water partition coefficient (Wildman–Crippen LogP) is 4.91. The molecule has 2 rings (SSSR count). The zero-order valence-corrected chi connectivity index (χ0v) is 12.2. The molecule has 0 aliphatic rings. The highest BCUT2D eigenvalue weighted by molar-refractivity contribution is 5.46. The maximum atomic E-state index is 12.8. The monoisotopic (exact) mass is 272 g/mol. The van der Waals surface area contributed by atoms with Crippen molar-refractivity contribution in [3.05, 3.63) is 59.7 Å². The molecule has 20 heavy (non-hydrogen) atoms. The normalized spacial score (nSPS) is 13.8. The van der Waals surface area contributed by atoms with E-state index in [0.717, 1.165) is 17.8 Å². The lowest BCUT2D eigenvalue weighted by molar-refractivity contribution is 0.617. The third-order valence-electron chi connectivity index (χ3n) is 3.67. The molecular weight excluding hydrogens is 251 g/mol. The van der Waals surface area contributed by atoms with Crippen LogP contribution in [0.25, 0.3) is 0 Å². The first kappa shape index (κ1) is 14.5. The Bertz CT molecular complexity index is 534.